The van der Waals surface area contributed by atoms with Crippen molar-refractivity contribution < 1.29 is 9.47 Å². The third-order valence-corrected chi connectivity index (χ3v) is 4.33. The van der Waals surface area contributed by atoms with Crippen LogP contribution in [0.2, 0.25) is 0 Å². The molecule has 124 valence electrons. The van der Waals surface area contributed by atoms with E-state index in [9.17, 15) is 0 Å². The molecule has 0 aromatic heterocycles. The third kappa shape index (κ3) is 3.74. The molecule has 2 nitrogen and oxygen atoms in total. The lowest BCUT2D eigenvalue weighted by Crippen LogP contribution is -2.06. The number of benzene rings is 3. The first-order valence-electron chi connectivity index (χ1n) is 8.60. The molecule has 0 bridgehead atoms. The maximum absolute atomic E-state index is 6.06. The van der Waals surface area contributed by atoms with Crippen molar-refractivity contribution in [3.05, 3.63) is 101 Å². The zero-order valence-electron chi connectivity index (χ0n) is 14.0. The predicted octanol–water partition coefficient (Wildman–Crippen LogP) is 5.63. The van der Waals surface area contributed by atoms with E-state index in [1.54, 1.807) is 0 Å². The molecule has 0 saturated heterocycles. The summed E-state index contributed by atoms with van der Waals surface area (Å²) in [6.45, 7) is 0.560. The Morgan fingerprint density at radius 2 is 1.56 bits per heavy atom. The van der Waals surface area contributed by atoms with Crippen LogP contribution in [-0.2, 0) is 13.0 Å². The highest BCUT2D eigenvalue weighted by Gasteiger charge is 2.14. The highest BCUT2D eigenvalue weighted by atomic mass is 16.5. The van der Waals surface area contributed by atoms with E-state index in [0.717, 1.165) is 41.2 Å². The fraction of sp³-hybridized carbons (Fsp3) is 0.130. The zero-order valence-corrected chi connectivity index (χ0v) is 14.0. The number of para-hydroxylation sites is 2. The summed E-state index contributed by atoms with van der Waals surface area (Å²) in [4.78, 5) is 0. The Morgan fingerprint density at radius 1 is 0.800 bits per heavy atom. The minimum absolute atomic E-state index is 0.560. The highest BCUT2D eigenvalue weighted by Crippen LogP contribution is 2.31. The molecule has 0 atom stereocenters. The van der Waals surface area contributed by atoms with Crippen LogP contribution in [0.3, 0.4) is 0 Å². The van der Waals surface area contributed by atoms with E-state index in [0.29, 0.717) is 6.61 Å². The van der Waals surface area contributed by atoms with Gasteiger partial charge in [-0.1, -0.05) is 66.7 Å². The smallest absolute Gasteiger partial charge is 0.130 e. The highest BCUT2D eigenvalue weighted by molar-refractivity contribution is 5.60. The summed E-state index contributed by atoms with van der Waals surface area (Å²) in [6, 6.07) is 26.5. The van der Waals surface area contributed by atoms with Crippen molar-refractivity contribution in [2.75, 3.05) is 0 Å². The third-order valence-electron chi connectivity index (χ3n) is 4.33. The van der Waals surface area contributed by atoms with Crippen molar-refractivity contribution in [1.29, 1.82) is 0 Å². The number of hydrogen-bond donors (Lipinski definition) is 0. The molecular weight excluding hydrogens is 308 g/mol. The Bertz CT molecular complexity index is 881. The Hall–Kier alpha value is -3.00. The van der Waals surface area contributed by atoms with Crippen molar-refractivity contribution in [1.82, 2.24) is 0 Å². The van der Waals surface area contributed by atoms with Gasteiger partial charge in [0.2, 0.25) is 0 Å². The summed E-state index contributed by atoms with van der Waals surface area (Å²) < 4.78 is 12.1. The van der Waals surface area contributed by atoms with Gasteiger partial charge in [0.15, 0.2) is 0 Å². The predicted molar refractivity (Wildman–Crippen MR) is 101 cm³/mol. The molecule has 0 unspecified atom stereocenters. The summed E-state index contributed by atoms with van der Waals surface area (Å²) in [5.41, 5.74) is 3.48. The minimum atomic E-state index is 0.560. The molecule has 3 aromatic carbocycles. The van der Waals surface area contributed by atoms with Crippen molar-refractivity contribution in [2.24, 2.45) is 0 Å². The minimum Gasteiger partial charge on any atom is -0.488 e. The van der Waals surface area contributed by atoms with Crippen molar-refractivity contribution in [2.45, 2.75) is 19.4 Å². The van der Waals surface area contributed by atoms with Crippen LogP contribution in [-0.4, -0.2) is 0 Å². The van der Waals surface area contributed by atoms with E-state index in [-0.39, 0.29) is 0 Å². The molecule has 4 rings (SSSR count). The first kappa shape index (κ1) is 15.5. The first-order chi connectivity index (χ1) is 12.4. The number of aryl methyl sites for hydroxylation is 1. The summed E-state index contributed by atoms with van der Waals surface area (Å²) in [5.74, 6) is 2.82. The van der Waals surface area contributed by atoms with Crippen LogP contribution in [0.25, 0.3) is 6.08 Å². The van der Waals surface area contributed by atoms with Gasteiger partial charge in [-0.2, -0.15) is 0 Å². The van der Waals surface area contributed by atoms with Crippen LogP contribution in [0.1, 0.15) is 23.1 Å². The second-order valence-corrected chi connectivity index (χ2v) is 6.13. The van der Waals surface area contributed by atoms with E-state index >= 15 is 0 Å². The topological polar surface area (TPSA) is 18.5 Å². The second kappa shape index (κ2) is 7.27. The van der Waals surface area contributed by atoms with Gasteiger partial charge in [-0.3, -0.25) is 0 Å². The van der Waals surface area contributed by atoms with Crippen LogP contribution >= 0.6 is 0 Å². The SMILES string of the molecule is C(=C1\CCc2ccccc2O1)/c1ccccc1OCc1ccccc1. The molecule has 0 amide bonds. The summed E-state index contributed by atoms with van der Waals surface area (Å²) in [5, 5.41) is 0. The molecule has 1 aliphatic rings. The standard InChI is InChI=1S/C23H20O2/c1-2-8-18(9-3-1)17-24-22-12-6-5-11-20(22)16-21-15-14-19-10-4-7-13-23(19)25-21/h1-13,16H,14-15,17H2/b21-16-. The largest absolute Gasteiger partial charge is 0.488 e. The van der Waals surface area contributed by atoms with Crippen LogP contribution < -0.4 is 9.47 Å². The molecule has 0 fully saturated rings. The van der Waals surface area contributed by atoms with E-state index in [1.165, 1.54) is 5.56 Å². The van der Waals surface area contributed by atoms with Gasteiger partial charge >= 0.3 is 0 Å². The quantitative estimate of drug-likeness (QED) is 0.618. The Kier molecular flexibility index (Phi) is 4.51. The Balaban J connectivity index is 1.53. The molecule has 3 aromatic rings. The monoisotopic (exact) mass is 328 g/mol. The number of allylic oxidation sites excluding steroid dienone is 1. The van der Waals surface area contributed by atoms with Crippen molar-refractivity contribution in [3.8, 4) is 11.5 Å². The molecule has 2 heteroatoms. The molecule has 1 aliphatic heterocycles. The van der Waals surface area contributed by atoms with Gasteiger partial charge in [0.25, 0.3) is 0 Å². The Labute approximate surface area is 148 Å². The molecule has 0 aliphatic carbocycles. The van der Waals surface area contributed by atoms with E-state index in [1.807, 2.05) is 48.5 Å². The zero-order chi connectivity index (χ0) is 16.9. The van der Waals surface area contributed by atoms with Crippen molar-refractivity contribution >= 4 is 6.08 Å². The molecule has 1 heterocycles. The Morgan fingerprint density at radius 3 is 2.48 bits per heavy atom. The fourth-order valence-electron chi connectivity index (χ4n) is 3.00. The molecule has 0 saturated carbocycles. The lowest BCUT2D eigenvalue weighted by atomic mass is 10.0. The molecule has 0 N–H and O–H groups in total. The van der Waals surface area contributed by atoms with Gasteiger partial charge in [0.05, 0.1) is 0 Å². The van der Waals surface area contributed by atoms with E-state index < -0.39 is 0 Å². The maximum Gasteiger partial charge on any atom is 0.130 e. The lowest BCUT2D eigenvalue weighted by Gasteiger charge is -2.19. The number of hydrogen-bond acceptors (Lipinski definition) is 2. The molecule has 0 spiro atoms. The number of rotatable bonds is 4. The van der Waals surface area contributed by atoms with Crippen LogP contribution in [0, 0.1) is 0 Å². The van der Waals surface area contributed by atoms with Crippen LogP contribution in [0.4, 0.5) is 0 Å². The summed E-state index contributed by atoms with van der Waals surface area (Å²) in [6.07, 6.45) is 4.01. The van der Waals surface area contributed by atoms with E-state index in [4.69, 9.17) is 9.47 Å². The van der Waals surface area contributed by atoms with Gasteiger partial charge in [-0.05, 0) is 35.8 Å². The fourth-order valence-corrected chi connectivity index (χ4v) is 3.00. The van der Waals surface area contributed by atoms with Gasteiger partial charge in [-0.25, -0.2) is 0 Å². The van der Waals surface area contributed by atoms with Gasteiger partial charge in [-0.15, -0.1) is 0 Å². The van der Waals surface area contributed by atoms with Crippen LogP contribution in [0.15, 0.2) is 84.6 Å². The lowest BCUT2D eigenvalue weighted by molar-refractivity contribution is 0.305. The maximum atomic E-state index is 6.06. The average Bonchev–Trinajstić information content (AvgIpc) is 2.68. The van der Waals surface area contributed by atoms with Crippen molar-refractivity contribution in [3.63, 3.8) is 0 Å². The molecule has 25 heavy (non-hydrogen) atoms. The second-order valence-electron chi connectivity index (χ2n) is 6.13. The van der Waals surface area contributed by atoms with Gasteiger partial charge < -0.3 is 9.47 Å². The first-order valence-corrected chi connectivity index (χ1v) is 8.60. The average molecular weight is 328 g/mol. The van der Waals surface area contributed by atoms with Gasteiger partial charge in [0.1, 0.15) is 23.9 Å². The van der Waals surface area contributed by atoms with Crippen LogP contribution in [0.5, 0.6) is 11.5 Å². The van der Waals surface area contributed by atoms with E-state index in [2.05, 4.69) is 36.4 Å². The molecule has 0 radical (unpaired) electrons. The summed E-state index contributed by atoms with van der Waals surface area (Å²) in [7, 11) is 0. The summed E-state index contributed by atoms with van der Waals surface area (Å²) >= 11 is 0. The number of fused-ring (bicyclic) bond motifs is 1. The molecular formula is C23H20O2. The normalized spacial score (nSPS) is 14.6. The number of ether oxygens (including phenoxy) is 2. The van der Waals surface area contributed by atoms with Gasteiger partial charge in [0, 0.05) is 12.0 Å².